The number of carboxylic acids is 1. The van der Waals surface area contributed by atoms with Gasteiger partial charge in [-0.2, -0.15) is 13.2 Å². The van der Waals surface area contributed by atoms with Crippen LogP contribution in [0.5, 0.6) is 0 Å². The summed E-state index contributed by atoms with van der Waals surface area (Å²) in [5.74, 6) is -2.53. The Labute approximate surface area is 84.7 Å². The van der Waals surface area contributed by atoms with Gasteiger partial charge in [0.25, 0.3) is 0 Å². The van der Waals surface area contributed by atoms with Gasteiger partial charge in [-0.25, -0.2) is 4.79 Å². The molecular weight excluding hydrogens is 215 g/mol. The smallest absolute Gasteiger partial charge is 0.475 e. The molecule has 0 aromatic carbocycles. The Morgan fingerprint density at radius 1 is 1.20 bits per heavy atom. The number of carboxylic acid groups (broad SMARTS) is 1. The molecule has 1 heterocycles. The molecule has 1 rings (SSSR count). The zero-order valence-electron chi connectivity index (χ0n) is 8.17. The summed E-state index contributed by atoms with van der Waals surface area (Å²) in [5, 5.41) is 7.12. The third kappa shape index (κ3) is 5.92. The van der Waals surface area contributed by atoms with E-state index in [2.05, 4.69) is 0 Å². The Hall–Kier alpha value is -1.27. The van der Waals surface area contributed by atoms with Crippen LogP contribution in [0.25, 0.3) is 0 Å². The van der Waals surface area contributed by atoms with Crippen LogP contribution < -0.4 is 0 Å². The van der Waals surface area contributed by atoms with E-state index >= 15 is 0 Å². The van der Waals surface area contributed by atoms with Crippen molar-refractivity contribution < 1.29 is 27.9 Å². The van der Waals surface area contributed by atoms with E-state index in [4.69, 9.17) is 9.90 Å². The number of rotatable bonds is 0. The summed E-state index contributed by atoms with van der Waals surface area (Å²) in [7, 11) is 0. The summed E-state index contributed by atoms with van der Waals surface area (Å²) in [5.41, 5.74) is 0. The monoisotopic (exact) mass is 227 g/mol. The molecule has 15 heavy (non-hydrogen) atoms. The van der Waals surface area contributed by atoms with E-state index in [0.29, 0.717) is 0 Å². The molecule has 0 saturated carbocycles. The predicted octanol–water partition coefficient (Wildman–Crippen LogP) is 1.26. The minimum atomic E-state index is -5.08. The van der Waals surface area contributed by atoms with Crippen LogP contribution in [0.3, 0.4) is 0 Å². The van der Waals surface area contributed by atoms with E-state index in [1.165, 1.54) is 12.8 Å². The number of carbonyl (C=O) groups excluding carboxylic acids is 1. The molecule has 0 bridgehead atoms. The summed E-state index contributed by atoms with van der Waals surface area (Å²) in [6, 6.07) is 0. The molecule has 1 aliphatic rings. The van der Waals surface area contributed by atoms with Gasteiger partial charge < -0.3 is 10.0 Å². The van der Waals surface area contributed by atoms with Crippen LogP contribution in [0.1, 0.15) is 19.8 Å². The fourth-order valence-electron chi connectivity index (χ4n) is 1.03. The first-order valence-electron chi connectivity index (χ1n) is 4.30. The summed E-state index contributed by atoms with van der Waals surface area (Å²) < 4.78 is 31.7. The van der Waals surface area contributed by atoms with Gasteiger partial charge in [0.2, 0.25) is 5.91 Å². The number of hydrogen-bond acceptors (Lipinski definition) is 2. The van der Waals surface area contributed by atoms with Crippen LogP contribution in [0, 0.1) is 0 Å². The number of hydrogen-bond donors (Lipinski definition) is 1. The lowest BCUT2D eigenvalue weighted by atomic mass is 10.4. The first kappa shape index (κ1) is 13.7. The Balaban J connectivity index is 0.000000265. The van der Waals surface area contributed by atoms with E-state index in [1.807, 2.05) is 4.90 Å². The van der Waals surface area contributed by atoms with Crippen molar-refractivity contribution in [2.45, 2.75) is 25.9 Å². The standard InChI is InChI=1S/C6H11NO.C2HF3O2/c1-6(8)7-4-2-3-5-7;3-2(4,5)1(6)7/h2-5H2,1H3;(H,6,7). The lowest BCUT2D eigenvalue weighted by Crippen LogP contribution is -2.24. The topological polar surface area (TPSA) is 57.6 Å². The maximum atomic E-state index is 10.6. The second-order valence-electron chi connectivity index (χ2n) is 3.02. The molecule has 0 aliphatic carbocycles. The number of nitrogens with zero attached hydrogens (tertiary/aromatic N) is 1. The van der Waals surface area contributed by atoms with E-state index in [0.717, 1.165) is 13.1 Å². The summed E-state index contributed by atoms with van der Waals surface area (Å²) >= 11 is 0. The number of aliphatic carboxylic acids is 1. The minimum absolute atomic E-state index is 0.225. The van der Waals surface area contributed by atoms with Gasteiger partial charge in [0.1, 0.15) is 0 Å². The molecule has 4 nitrogen and oxygen atoms in total. The number of halogens is 3. The van der Waals surface area contributed by atoms with Gasteiger partial charge in [-0.15, -0.1) is 0 Å². The molecule has 1 amide bonds. The maximum absolute atomic E-state index is 10.6. The van der Waals surface area contributed by atoms with Crippen LogP contribution in [-0.2, 0) is 9.59 Å². The lowest BCUT2D eigenvalue weighted by Gasteiger charge is -2.10. The number of carbonyl (C=O) groups is 2. The van der Waals surface area contributed by atoms with Gasteiger partial charge >= 0.3 is 12.1 Å². The highest BCUT2D eigenvalue weighted by molar-refractivity contribution is 5.73. The van der Waals surface area contributed by atoms with Crippen molar-refractivity contribution in [2.75, 3.05) is 13.1 Å². The Morgan fingerprint density at radius 2 is 1.53 bits per heavy atom. The first-order valence-corrected chi connectivity index (χ1v) is 4.30. The van der Waals surface area contributed by atoms with Crippen LogP contribution in [0.15, 0.2) is 0 Å². The Morgan fingerprint density at radius 3 is 1.67 bits per heavy atom. The predicted molar refractivity (Wildman–Crippen MR) is 45.2 cm³/mol. The van der Waals surface area contributed by atoms with Crippen molar-refractivity contribution in [1.82, 2.24) is 4.90 Å². The number of alkyl halides is 3. The molecule has 1 fully saturated rings. The second kappa shape index (κ2) is 5.57. The molecule has 1 N–H and O–H groups in total. The van der Waals surface area contributed by atoms with Gasteiger partial charge in [0.15, 0.2) is 0 Å². The minimum Gasteiger partial charge on any atom is -0.475 e. The number of likely N-dealkylation sites (tertiary alicyclic amines) is 1. The third-order valence-electron chi connectivity index (χ3n) is 1.79. The molecule has 0 unspecified atom stereocenters. The molecule has 0 atom stereocenters. The molecule has 0 aromatic heterocycles. The average Bonchev–Trinajstić information content (AvgIpc) is 2.54. The molecular formula is C8H12F3NO3. The Kier molecular flexibility index (Phi) is 5.10. The van der Waals surface area contributed by atoms with Gasteiger partial charge in [-0.1, -0.05) is 0 Å². The van der Waals surface area contributed by atoms with Crippen LogP contribution in [-0.4, -0.2) is 41.1 Å². The Bertz CT molecular complexity index is 234. The second-order valence-corrected chi connectivity index (χ2v) is 3.02. The van der Waals surface area contributed by atoms with Crippen molar-refractivity contribution >= 4 is 11.9 Å². The maximum Gasteiger partial charge on any atom is 0.490 e. The van der Waals surface area contributed by atoms with Gasteiger partial charge in [-0.05, 0) is 12.8 Å². The molecule has 0 aromatic rings. The van der Waals surface area contributed by atoms with E-state index in [1.54, 1.807) is 6.92 Å². The highest BCUT2D eigenvalue weighted by Crippen LogP contribution is 2.13. The normalized spacial score (nSPS) is 15.6. The largest absolute Gasteiger partial charge is 0.490 e. The van der Waals surface area contributed by atoms with Gasteiger partial charge in [0, 0.05) is 20.0 Å². The lowest BCUT2D eigenvalue weighted by molar-refractivity contribution is -0.192. The SMILES string of the molecule is CC(=O)N1CCCC1.O=C(O)C(F)(F)F. The van der Waals surface area contributed by atoms with Crippen LogP contribution in [0.2, 0.25) is 0 Å². The fourth-order valence-corrected chi connectivity index (χ4v) is 1.03. The molecule has 88 valence electrons. The highest BCUT2D eigenvalue weighted by Gasteiger charge is 2.38. The fraction of sp³-hybridized carbons (Fsp3) is 0.750. The third-order valence-corrected chi connectivity index (χ3v) is 1.79. The van der Waals surface area contributed by atoms with E-state index in [-0.39, 0.29) is 5.91 Å². The van der Waals surface area contributed by atoms with Crippen molar-refractivity contribution in [3.8, 4) is 0 Å². The number of amides is 1. The van der Waals surface area contributed by atoms with E-state index < -0.39 is 12.1 Å². The molecule has 0 spiro atoms. The molecule has 0 radical (unpaired) electrons. The summed E-state index contributed by atoms with van der Waals surface area (Å²) in [6.07, 6.45) is -2.70. The summed E-state index contributed by atoms with van der Waals surface area (Å²) in [6.45, 7) is 3.59. The zero-order valence-corrected chi connectivity index (χ0v) is 8.17. The van der Waals surface area contributed by atoms with Gasteiger partial charge in [0.05, 0.1) is 0 Å². The van der Waals surface area contributed by atoms with Gasteiger partial charge in [-0.3, -0.25) is 4.79 Å². The zero-order chi connectivity index (χ0) is 12.1. The van der Waals surface area contributed by atoms with E-state index in [9.17, 15) is 18.0 Å². The van der Waals surface area contributed by atoms with Crippen molar-refractivity contribution in [3.63, 3.8) is 0 Å². The van der Waals surface area contributed by atoms with Crippen molar-refractivity contribution in [2.24, 2.45) is 0 Å². The molecule has 7 heteroatoms. The molecule has 1 aliphatic heterocycles. The quantitative estimate of drug-likeness (QED) is 0.677. The first-order chi connectivity index (χ1) is 6.75. The molecule has 1 saturated heterocycles. The average molecular weight is 227 g/mol. The van der Waals surface area contributed by atoms with Crippen molar-refractivity contribution in [1.29, 1.82) is 0 Å². The van der Waals surface area contributed by atoms with Crippen LogP contribution in [0.4, 0.5) is 13.2 Å². The van der Waals surface area contributed by atoms with Crippen molar-refractivity contribution in [3.05, 3.63) is 0 Å². The van der Waals surface area contributed by atoms with Crippen LogP contribution >= 0.6 is 0 Å². The highest BCUT2D eigenvalue weighted by atomic mass is 19.4. The summed E-state index contributed by atoms with van der Waals surface area (Å²) in [4.78, 5) is 21.4.